The van der Waals surface area contributed by atoms with Crippen molar-refractivity contribution in [2.45, 2.75) is 32.0 Å². The maximum Gasteiger partial charge on any atom is 0.216 e. The van der Waals surface area contributed by atoms with Gasteiger partial charge in [0.25, 0.3) is 0 Å². The van der Waals surface area contributed by atoms with Crippen molar-refractivity contribution in [2.24, 2.45) is 7.05 Å². The first-order valence-corrected chi connectivity index (χ1v) is 12.8. The molecule has 1 aliphatic carbocycles. The summed E-state index contributed by atoms with van der Waals surface area (Å²) < 4.78 is 45.7. The van der Waals surface area contributed by atoms with Gasteiger partial charge in [-0.1, -0.05) is 78.9 Å². The lowest BCUT2D eigenvalue weighted by Crippen LogP contribution is -2.30. The van der Waals surface area contributed by atoms with E-state index in [-0.39, 0.29) is 6.42 Å². The van der Waals surface area contributed by atoms with Crippen molar-refractivity contribution in [3.63, 3.8) is 0 Å². The molecule has 0 fully saturated rings. The molecule has 1 unspecified atom stereocenters. The fraction of sp³-hybridized carbons (Fsp3) is 0.171. The van der Waals surface area contributed by atoms with Crippen LogP contribution >= 0.6 is 0 Å². The second kappa shape index (κ2) is 8.74. The summed E-state index contributed by atoms with van der Waals surface area (Å²) in [6, 6.07) is 31.3. The zero-order valence-corrected chi connectivity index (χ0v) is 21.0. The number of aryl methyl sites for hydroxylation is 2. The SMILES string of the molecule is [2H]C1([2H])CC(c2ccccc2)C([2H])([2H])c2cccc(-c3cccc4c3oc3c(-c5cccc[n+]5C)c(C)ccc34)c21. The van der Waals surface area contributed by atoms with E-state index in [0.717, 1.165) is 44.3 Å². The van der Waals surface area contributed by atoms with Crippen LogP contribution in [0.4, 0.5) is 0 Å². The van der Waals surface area contributed by atoms with E-state index in [1.165, 1.54) is 0 Å². The van der Waals surface area contributed by atoms with Crippen LogP contribution in [0.5, 0.6) is 0 Å². The summed E-state index contributed by atoms with van der Waals surface area (Å²) in [5.74, 6) is -0.597. The van der Waals surface area contributed by atoms with Gasteiger partial charge >= 0.3 is 0 Å². The van der Waals surface area contributed by atoms with Crippen LogP contribution in [0.25, 0.3) is 44.3 Å². The highest BCUT2D eigenvalue weighted by Crippen LogP contribution is 2.43. The minimum Gasteiger partial charge on any atom is -0.454 e. The van der Waals surface area contributed by atoms with Crippen LogP contribution in [0.2, 0.25) is 0 Å². The Bertz CT molecular complexity index is 1960. The number of aromatic nitrogens is 1. The summed E-state index contributed by atoms with van der Waals surface area (Å²) in [5.41, 5.74) is 7.74. The van der Waals surface area contributed by atoms with Gasteiger partial charge < -0.3 is 4.42 Å². The van der Waals surface area contributed by atoms with Gasteiger partial charge in [-0.05, 0) is 65.9 Å². The van der Waals surface area contributed by atoms with Crippen LogP contribution in [0.15, 0.2) is 108 Å². The molecule has 2 heterocycles. The van der Waals surface area contributed by atoms with E-state index in [1.807, 2.05) is 86.0 Å². The molecule has 2 heteroatoms. The molecule has 1 aliphatic rings. The number of furan rings is 1. The third-order valence-corrected chi connectivity index (χ3v) is 7.56. The molecule has 0 radical (unpaired) electrons. The van der Waals surface area contributed by atoms with E-state index >= 15 is 0 Å². The number of pyridine rings is 1. The molecular formula is C35H30NO+. The monoisotopic (exact) mass is 484 g/mol. The molecule has 2 aromatic heterocycles. The molecule has 2 nitrogen and oxygen atoms in total. The summed E-state index contributed by atoms with van der Waals surface area (Å²) in [7, 11) is 2.02. The molecule has 37 heavy (non-hydrogen) atoms. The average molecular weight is 485 g/mol. The average Bonchev–Trinajstić information content (AvgIpc) is 3.35. The third-order valence-electron chi connectivity index (χ3n) is 7.56. The highest BCUT2D eigenvalue weighted by atomic mass is 16.3. The molecule has 4 aromatic carbocycles. The fourth-order valence-electron chi connectivity index (χ4n) is 5.69. The Morgan fingerprint density at radius 3 is 2.43 bits per heavy atom. The standard InChI is InChI=1S/C35H30NO/c1-23-17-19-31-30-15-9-14-29(34(30)37-35(31)33(23)32-16-6-7-21-36(32)2)28-13-8-12-26-22-25(18-20-27(26)28)24-10-4-3-5-11-24/h3-17,19,21,25H,18,20,22H2,1-2H3/q+1/i20D2,22D2. The number of para-hydroxylation sites is 1. The van der Waals surface area contributed by atoms with Crippen molar-refractivity contribution in [2.75, 3.05) is 0 Å². The topological polar surface area (TPSA) is 17.0 Å². The van der Waals surface area contributed by atoms with Gasteiger partial charge in [0, 0.05) is 34.0 Å². The van der Waals surface area contributed by atoms with Gasteiger partial charge in [0.05, 0.1) is 5.56 Å². The predicted molar refractivity (Wildman–Crippen MR) is 152 cm³/mol. The Kier molecular flexibility index (Phi) is 4.28. The lowest BCUT2D eigenvalue weighted by Gasteiger charge is -2.27. The van der Waals surface area contributed by atoms with E-state index in [4.69, 9.17) is 4.42 Å². The van der Waals surface area contributed by atoms with Gasteiger partial charge in [-0.15, -0.1) is 0 Å². The van der Waals surface area contributed by atoms with E-state index in [1.54, 1.807) is 6.07 Å². The molecule has 0 aliphatic heterocycles. The van der Waals surface area contributed by atoms with Crippen LogP contribution in [0.3, 0.4) is 0 Å². The number of nitrogens with zero attached hydrogens (tertiary/aromatic N) is 1. The second-order valence-electron chi connectivity index (χ2n) is 9.83. The molecule has 7 rings (SSSR count). The molecule has 180 valence electrons. The third kappa shape index (κ3) is 3.59. The summed E-state index contributed by atoms with van der Waals surface area (Å²) in [6.07, 6.45) is -1.41. The van der Waals surface area contributed by atoms with Gasteiger partial charge in [-0.2, -0.15) is 0 Å². The lowest BCUT2D eigenvalue weighted by molar-refractivity contribution is -0.660. The van der Waals surface area contributed by atoms with Crippen LogP contribution < -0.4 is 4.57 Å². The molecule has 0 saturated heterocycles. The Labute approximate surface area is 223 Å². The maximum absolute atomic E-state index is 9.23. The molecular weight excluding hydrogens is 450 g/mol. The Hall–Kier alpha value is -4.17. The largest absolute Gasteiger partial charge is 0.454 e. The number of hydrogen-bond donors (Lipinski definition) is 0. The Morgan fingerprint density at radius 2 is 1.57 bits per heavy atom. The summed E-state index contributed by atoms with van der Waals surface area (Å²) in [6.45, 7) is 2.09. The van der Waals surface area contributed by atoms with Crippen LogP contribution in [0, 0.1) is 6.92 Å². The van der Waals surface area contributed by atoms with Crippen LogP contribution in [-0.4, -0.2) is 0 Å². The smallest absolute Gasteiger partial charge is 0.216 e. The Balaban J connectivity index is 1.49. The molecule has 6 aromatic rings. The first-order chi connectivity index (χ1) is 19.7. The van der Waals surface area contributed by atoms with E-state index in [0.29, 0.717) is 22.3 Å². The van der Waals surface area contributed by atoms with Crippen molar-refractivity contribution >= 4 is 21.9 Å². The van der Waals surface area contributed by atoms with Gasteiger partial charge in [-0.25, -0.2) is 4.57 Å². The van der Waals surface area contributed by atoms with E-state index in [2.05, 4.69) is 29.7 Å². The van der Waals surface area contributed by atoms with Gasteiger partial charge in [0.2, 0.25) is 5.69 Å². The van der Waals surface area contributed by atoms with Crippen LogP contribution in [0.1, 0.15) is 40.1 Å². The van der Waals surface area contributed by atoms with Crippen molar-refractivity contribution in [3.8, 4) is 22.4 Å². The maximum atomic E-state index is 9.23. The predicted octanol–water partition coefficient (Wildman–Crippen LogP) is 8.33. The molecule has 0 bridgehead atoms. The highest BCUT2D eigenvalue weighted by molar-refractivity contribution is 6.13. The number of fused-ring (bicyclic) bond motifs is 4. The zero-order chi connectivity index (χ0) is 28.5. The number of benzene rings is 4. The van der Waals surface area contributed by atoms with Crippen LogP contribution in [-0.2, 0) is 19.8 Å². The summed E-state index contributed by atoms with van der Waals surface area (Å²) in [5, 5.41) is 1.95. The number of rotatable bonds is 3. The van der Waals surface area contributed by atoms with E-state index in [9.17, 15) is 5.48 Å². The van der Waals surface area contributed by atoms with Crippen molar-refractivity contribution in [1.29, 1.82) is 0 Å². The quantitative estimate of drug-likeness (QED) is 0.231. The Morgan fingerprint density at radius 1 is 0.784 bits per heavy atom. The summed E-state index contributed by atoms with van der Waals surface area (Å²) >= 11 is 0. The molecule has 0 amide bonds. The lowest BCUT2D eigenvalue weighted by atomic mass is 9.77. The minimum absolute atomic E-state index is 0.0536. The first kappa shape index (κ1) is 18.1. The van der Waals surface area contributed by atoms with Gasteiger partial charge in [0.15, 0.2) is 6.20 Å². The molecule has 0 saturated carbocycles. The molecule has 0 N–H and O–H groups in total. The van der Waals surface area contributed by atoms with Crippen molar-refractivity contribution in [1.82, 2.24) is 0 Å². The molecule has 1 atom stereocenters. The first-order valence-electron chi connectivity index (χ1n) is 14.8. The summed E-state index contributed by atoms with van der Waals surface area (Å²) in [4.78, 5) is 0. The van der Waals surface area contributed by atoms with E-state index < -0.39 is 18.7 Å². The van der Waals surface area contributed by atoms with Gasteiger partial charge in [0.1, 0.15) is 18.2 Å². The number of hydrogen-bond acceptors (Lipinski definition) is 1. The minimum atomic E-state index is -1.74. The zero-order valence-electron chi connectivity index (χ0n) is 25.0. The van der Waals surface area contributed by atoms with Crippen molar-refractivity contribution < 1.29 is 14.5 Å². The fourth-order valence-corrected chi connectivity index (χ4v) is 5.69. The normalized spacial score (nSPS) is 19.6. The highest BCUT2D eigenvalue weighted by Gasteiger charge is 2.25. The second-order valence-corrected chi connectivity index (χ2v) is 9.83. The van der Waals surface area contributed by atoms with Crippen molar-refractivity contribution in [3.05, 3.63) is 126 Å². The van der Waals surface area contributed by atoms with Gasteiger partial charge in [-0.3, -0.25) is 0 Å². The molecule has 0 spiro atoms.